The zero-order valence-corrected chi connectivity index (χ0v) is 13.6. The molecule has 120 valence electrons. The van der Waals surface area contributed by atoms with Crippen molar-refractivity contribution in [3.8, 4) is 0 Å². The van der Waals surface area contributed by atoms with Gasteiger partial charge in [0.25, 0.3) is 0 Å². The molecule has 5 nitrogen and oxygen atoms in total. The van der Waals surface area contributed by atoms with Crippen LogP contribution in [0.4, 0.5) is 4.79 Å². The summed E-state index contributed by atoms with van der Waals surface area (Å²) in [5.74, 6) is -0.437. The number of benzene rings is 1. The Morgan fingerprint density at radius 1 is 1.18 bits per heavy atom. The van der Waals surface area contributed by atoms with Gasteiger partial charge in [-0.05, 0) is 44.7 Å². The van der Waals surface area contributed by atoms with E-state index in [2.05, 4.69) is 5.32 Å². The molecule has 1 aliphatic rings. The second kappa shape index (κ2) is 5.99. The van der Waals surface area contributed by atoms with Crippen LogP contribution in [0, 0.1) is 0 Å². The number of fused-ring (bicyclic) bond motifs is 1. The summed E-state index contributed by atoms with van der Waals surface area (Å²) in [6.07, 6.45) is 1.02. The summed E-state index contributed by atoms with van der Waals surface area (Å²) in [6, 6.07) is 7.93. The molecular formula is C17H23NO4. The lowest BCUT2D eigenvalue weighted by molar-refractivity contribution is -0.149. The number of carbonyl (C=O) groups is 2. The number of methoxy groups -OCH3 is 1. The van der Waals surface area contributed by atoms with E-state index in [0.717, 1.165) is 5.56 Å². The molecule has 2 rings (SSSR count). The van der Waals surface area contributed by atoms with Gasteiger partial charge in [-0.1, -0.05) is 24.3 Å². The molecule has 22 heavy (non-hydrogen) atoms. The lowest BCUT2D eigenvalue weighted by atomic mass is 9.78. The van der Waals surface area contributed by atoms with Gasteiger partial charge in [0, 0.05) is 6.42 Å². The number of amides is 1. The van der Waals surface area contributed by atoms with Crippen LogP contribution in [-0.2, 0) is 27.1 Å². The van der Waals surface area contributed by atoms with Gasteiger partial charge >= 0.3 is 12.1 Å². The molecule has 0 heterocycles. The second-order valence-corrected chi connectivity index (χ2v) is 6.65. The number of alkyl carbamates (subject to hydrolysis) is 1. The van der Waals surface area contributed by atoms with Crippen molar-refractivity contribution in [3.05, 3.63) is 35.4 Å². The Kier molecular flexibility index (Phi) is 4.44. The maximum absolute atomic E-state index is 12.3. The highest BCUT2D eigenvalue weighted by Gasteiger charge is 2.44. The fraction of sp³-hybridized carbons (Fsp3) is 0.529. The number of hydrogen-bond donors (Lipinski definition) is 1. The van der Waals surface area contributed by atoms with Gasteiger partial charge in [0.2, 0.25) is 0 Å². The molecule has 5 heteroatoms. The molecule has 1 aliphatic carbocycles. The predicted octanol–water partition coefficient (Wildman–Crippen LogP) is 2.61. The maximum atomic E-state index is 12.3. The van der Waals surface area contributed by atoms with Crippen LogP contribution in [0.15, 0.2) is 24.3 Å². The quantitative estimate of drug-likeness (QED) is 0.853. The van der Waals surface area contributed by atoms with E-state index in [9.17, 15) is 9.59 Å². The van der Waals surface area contributed by atoms with E-state index in [1.54, 1.807) is 20.8 Å². The minimum Gasteiger partial charge on any atom is -0.467 e. The molecule has 0 aliphatic heterocycles. The van der Waals surface area contributed by atoms with E-state index in [1.165, 1.54) is 12.7 Å². The lowest BCUT2D eigenvalue weighted by Crippen LogP contribution is -2.59. The molecule has 0 saturated heterocycles. The Hall–Kier alpha value is -2.04. The Labute approximate surface area is 131 Å². The minimum atomic E-state index is -1.06. The molecule has 0 spiro atoms. The summed E-state index contributed by atoms with van der Waals surface area (Å²) >= 11 is 0. The monoisotopic (exact) mass is 305 g/mol. The number of ether oxygens (including phenoxy) is 2. The van der Waals surface area contributed by atoms with Crippen LogP contribution in [0.2, 0.25) is 0 Å². The SMILES string of the molecule is COC(=O)C1(NC(=O)OC(C)(C)C)CCc2ccccc2C1. The second-order valence-electron chi connectivity index (χ2n) is 6.65. The fourth-order valence-corrected chi connectivity index (χ4v) is 2.76. The Morgan fingerprint density at radius 2 is 1.82 bits per heavy atom. The zero-order valence-electron chi connectivity index (χ0n) is 13.6. The first kappa shape index (κ1) is 16.3. The highest BCUT2D eigenvalue weighted by Crippen LogP contribution is 2.30. The Bertz CT molecular complexity index is 576. The van der Waals surface area contributed by atoms with Gasteiger partial charge in [0.1, 0.15) is 11.1 Å². The molecule has 0 fully saturated rings. The smallest absolute Gasteiger partial charge is 0.408 e. The number of esters is 1. The number of nitrogens with one attached hydrogen (secondary N) is 1. The molecule has 0 bridgehead atoms. The largest absolute Gasteiger partial charge is 0.467 e. The van der Waals surface area contributed by atoms with Crippen molar-refractivity contribution in [1.82, 2.24) is 5.32 Å². The molecular weight excluding hydrogens is 282 g/mol. The summed E-state index contributed by atoms with van der Waals surface area (Å²) in [6.45, 7) is 5.36. The van der Waals surface area contributed by atoms with Crippen LogP contribution in [0.5, 0.6) is 0 Å². The third-order valence-electron chi connectivity index (χ3n) is 3.75. The standard InChI is InChI=1S/C17H23NO4/c1-16(2,3)22-15(20)18-17(14(19)21-4)10-9-12-7-5-6-8-13(12)11-17/h5-8H,9-11H2,1-4H3,(H,18,20). The summed E-state index contributed by atoms with van der Waals surface area (Å²) in [5, 5.41) is 2.74. The molecule has 0 aromatic heterocycles. The third kappa shape index (κ3) is 3.59. The number of carbonyl (C=O) groups excluding carboxylic acids is 2. The maximum Gasteiger partial charge on any atom is 0.408 e. The van der Waals surface area contributed by atoms with Crippen LogP contribution in [0.1, 0.15) is 38.3 Å². The molecule has 0 saturated carbocycles. The first-order valence-electron chi connectivity index (χ1n) is 7.42. The van der Waals surface area contributed by atoms with E-state index in [4.69, 9.17) is 9.47 Å². The van der Waals surface area contributed by atoms with Crippen molar-refractivity contribution >= 4 is 12.1 Å². The molecule has 1 N–H and O–H groups in total. The fourth-order valence-electron chi connectivity index (χ4n) is 2.76. The van der Waals surface area contributed by atoms with Crippen LogP contribution in [-0.4, -0.2) is 30.3 Å². The van der Waals surface area contributed by atoms with Gasteiger partial charge < -0.3 is 14.8 Å². The van der Waals surface area contributed by atoms with E-state index in [1.807, 2.05) is 24.3 Å². The van der Waals surface area contributed by atoms with E-state index >= 15 is 0 Å². The molecule has 1 aromatic rings. The van der Waals surface area contributed by atoms with Crippen molar-refractivity contribution < 1.29 is 19.1 Å². The zero-order chi connectivity index (χ0) is 16.4. The first-order valence-corrected chi connectivity index (χ1v) is 7.42. The number of aryl methyl sites for hydroxylation is 1. The summed E-state index contributed by atoms with van der Waals surface area (Å²) < 4.78 is 10.2. The topological polar surface area (TPSA) is 64.6 Å². The van der Waals surface area contributed by atoms with Gasteiger partial charge in [-0.2, -0.15) is 0 Å². The molecule has 1 unspecified atom stereocenters. The Morgan fingerprint density at radius 3 is 2.41 bits per heavy atom. The molecule has 0 radical (unpaired) electrons. The average molecular weight is 305 g/mol. The summed E-state index contributed by atoms with van der Waals surface area (Å²) in [7, 11) is 1.33. The van der Waals surface area contributed by atoms with Gasteiger partial charge in [0.05, 0.1) is 7.11 Å². The highest BCUT2D eigenvalue weighted by molar-refractivity contribution is 5.86. The highest BCUT2D eigenvalue weighted by atomic mass is 16.6. The van der Waals surface area contributed by atoms with Gasteiger partial charge in [-0.3, -0.25) is 0 Å². The number of rotatable bonds is 2. The average Bonchev–Trinajstić information content (AvgIpc) is 2.44. The van der Waals surface area contributed by atoms with Crippen molar-refractivity contribution in [2.45, 2.75) is 51.2 Å². The normalized spacial score (nSPS) is 20.7. The molecule has 1 amide bonds. The van der Waals surface area contributed by atoms with E-state index < -0.39 is 23.2 Å². The molecule has 1 aromatic carbocycles. The third-order valence-corrected chi connectivity index (χ3v) is 3.75. The van der Waals surface area contributed by atoms with Gasteiger partial charge in [0.15, 0.2) is 0 Å². The van der Waals surface area contributed by atoms with Crippen molar-refractivity contribution in [3.63, 3.8) is 0 Å². The van der Waals surface area contributed by atoms with Gasteiger partial charge in [-0.15, -0.1) is 0 Å². The van der Waals surface area contributed by atoms with Crippen LogP contribution in [0.25, 0.3) is 0 Å². The van der Waals surface area contributed by atoms with E-state index in [0.29, 0.717) is 19.3 Å². The minimum absolute atomic E-state index is 0.412. The number of hydrogen-bond acceptors (Lipinski definition) is 4. The van der Waals surface area contributed by atoms with Crippen molar-refractivity contribution in [2.75, 3.05) is 7.11 Å². The van der Waals surface area contributed by atoms with Crippen LogP contribution in [0.3, 0.4) is 0 Å². The van der Waals surface area contributed by atoms with Crippen LogP contribution < -0.4 is 5.32 Å². The molecule has 1 atom stereocenters. The Balaban J connectivity index is 2.24. The van der Waals surface area contributed by atoms with E-state index in [-0.39, 0.29) is 0 Å². The lowest BCUT2D eigenvalue weighted by Gasteiger charge is -2.36. The van der Waals surface area contributed by atoms with Crippen molar-refractivity contribution in [2.24, 2.45) is 0 Å². The van der Waals surface area contributed by atoms with Crippen molar-refractivity contribution in [1.29, 1.82) is 0 Å². The summed E-state index contributed by atoms with van der Waals surface area (Å²) in [4.78, 5) is 24.4. The predicted molar refractivity (Wildman–Crippen MR) is 82.6 cm³/mol. The first-order chi connectivity index (χ1) is 10.3. The van der Waals surface area contributed by atoms with Crippen LogP contribution >= 0.6 is 0 Å². The summed E-state index contributed by atoms with van der Waals surface area (Å²) in [5.41, 5.74) is 0.572. The van der Waals surface area contributed by atoms with Gasteiger partial charge in [-0.25, -0.2) is 9.59 Å².